The minimum Gasteiger partial charge on any atom is -0.396 e. The third kappa shape index (κ3) is 5.72. The first-order chi connectivity index (χ1) is 8.74. The molecule has 19 heavy (non-hydrogen) atoms. The Bertz CT molecular complexity index is 377. The molecule has 0 aromatic heterocycles. The highest BCUT2D eigenvalue weighted by atomic mass is 16.5. The molecular formula is C16H27NO2. The molecule has 0 aliphatic heterocycles. The SMILES string of the molecule is CC(C)(N)COCC(C)(C)c1ccc(CCO)cc1. The fourth-order valence-electron chi connectivity index (χ4n) is 1.90. The Kier molecular flexibility index (Phi) is 5.53. The van der Waals surface area contributed by atoms with Crippen molar-refractivity contribution in [2.24, 2.45) is 5.73 Å². The van der Waals surface area contributed by atoms with Gasteiger partial charge in [-0.3, -0.25) is 0 Å². The highest BCUT2D eigenvalue weighted by Gasteiger charge is 2.22. The smallest absolute Gasteiger partial charge is 0.0641 e. The first-order valence-corrected chi connectivity index (χ1v) is 6.81. The van der Waals surface area contributed by atoms with E-state index in [1.54, 1.807) is 0 Å². The largest absolute Gasteiger partial charge is 0.396 e. The fourth-order valence-corrected chi connectivity index (χ4v) is 1.90. The third-order valence-corrected chi connectivity index (χ3v) is 3.07. The highest BCUT2D eigenvalue weighted by Crippen LogP contribution is 2.24. The minimum atomic E-state index is -0.291. The molecule has 0 saturated heterocycles. The van der Waals surface area contributed by atoms with Gasteiger partial charge in [0, 0.05) is 17.6 Å². The lowest BCUT2D eigenvalue weighted by atomic mass is 9.85. The van der Waals surface area contributed by atoms with Gasteiger partial charge < -0.3 is 15.6 Å². The van der Waals surface area contributed by atoms with E-state index >= 15 is 0 Å². The van der Waals surface area contributed by atoms with Gasteiger partial charge in [0.05, 0.1) is 13.2 Å². The molecule has 0 fully saturated rings. The molecule has 0 aliphatic rings. The first-order valence-electron chi connectivity index (χ1n) is 6.81. The summed E-state index contributed by atoms with van der Waals surface area (Å²) >= 11 is 0. The zero-order valence-corrected chi connectivity index (χ0v) is 12.6. The van der Waals surface area contributed by atoms with E-state index in [4.69, 9.17) is 15.6 Å². The number of aliphatic hydroxyl groups excluding tert-OH is 1. The molecule has 1 aromatic carbocycles. The summed E-state index contributed by atoms with van der Waals surface area (Å²) in [6.07, 6.45) is 0.707. The van der Waals surface area contributed by atoms with E-state index in [-0.39, 0.29) is 17.6 Å². The van der Waals surface area contributed by atoms with Crippen molar-refractivity contribution >= 4 is 0 Å². The number of nitrogens with two attached hydrogens (primary N) is 1. The molecule has 0 bridgehead atoms. The van der Waals surface area contributed by atoms with Crippen LogP contribution in [0, 0.1) is 0 Å². The van der Waals surface area contributed by atoms with Gasteiger partial charge in [0.1, 0.15) is 0 Å². The Balaban J connectivity index is 2.60. The average Bonchev–Trinajstić information content (AvgIpc) is 2.28. The number of ether oxygens (including phenoxy) is 1. The summed E-state index contributed by atoms with van der Waals surface area (Å²) in [6.45, 7) is 9.64. The van der Waals surface area contributed by atoms with Crippen LogP contribution in [0.2, 0.25) is 0 Å². The maximum atomic E-state index is 8.91. The van der Waals surface area contributed by atoms with Crippen LogP contribution in [0.5, 0.6) is 0 Å². The second-order valence-electron chi connectivity index (χ2n) is 6.54. The van der Waals surface area contributed by atoms with Gasteiger partial charge in [-0.1, -0.05) is 38.1 Å². The molecule has 108 valence electrons. The van der Waals surface area contributed by atoms with Crippen LogP contribution in [-0.4, -0.2) is 30.5 Å². The van der Waals surface area contributed by atoms with Gasteiger partial charge in [0.2, 0.25) is 0 Å². The third-order valence-electron chi connectivity index (χ3n) is 3.07. The lowest BCUT2D eigenvalue weighted by Gasteiger charge is -2.27. The summed E-state index contributed by atoms with van der Waals surface area (Å²) in [5.41, 5.74) is 7.98. The lowest BCUT2D eigenvalue weighted by molar-refractivity contribution is 0.0657. The van der Waals surface area contributed by atoms with Gasteiger partial charge in [-0.25, -0.2) is 0 Å². The summed E-state index contributed by atoms with van der Waals surface area (Å²) in [5, 5.41) is 8.91. The maximum absolute atomic E-state index is 8.91. The summed E-state index contributed by atoms with van der Waals surface area (Å²) in [4.78, 5) is 0. The van der Waals surface area contributed by atoms with Crippen LogP contribution >= 0.6 is 0 Å². The van der Waals surface area contributed by atoms with Crippen molar-refractivity contribution in [2.75, 3.05) is 19.8 Å². The number of aliphatic hydroxyl groups is 1. The standard InChI is InChI=1S/C16H27NO2/c1-15(2,11-19-12-16(3,4)17)14-7-5-13(6-8-14)9-10-18/h5-8,18H,9-12,17H2,1-4H3. The second-order valence-corrected chi connectivity index (χ2v) is 6.54. The number of rotatable bonds is 7. The van der Waals surface area contributed by atoms with Crippen molar-refractivity contribution in [1.82, 2.24) is 0 Å². The zero-order chi connectivity index (χ0) is 14.5. The Hall–Kier alpha value is -0.900. The minimum absolute atomic E-state index is 0.0387. The summed E-state index contributed by atoms with van der Waals surface area (Å²) in [7, 11) is 0. The predicted octanol–water partition coefficient (Wildman–Crippen LogP) is 2.25. The van der Waals surface area contributed by atoms with Crippen LogP contribution < -0.4 is 5.73 Å². The van der Waals surface area contributed by atoms with E-state index in [0.29, 0.717) is 19.6 Å². The highest BCUT2D eigenvalue weighted by molar-refractivity contribution is 5.28. The van der Waals surface area contributed by atoms with E-state index in [0.717, 1.165) is 5.56 Å². The summed E-state index contributed by atoms with van der Waals surface area (Å²) < 4.78 is 5.73. The molecule has 0 aliphatic carbocycles. The van der Waals surface area contributed by atoms with Crippen molar-refractivity contribution in [1.29, 1.82) is 0 Å². The lowest BCUT2D eigenvalue weighted by Crippen LogP contribution is -2.39. The molecule has 0 heterocycles. The quantitative estimate of drug-likeness (QED) is 0.795. The number of hydrogen-bond acceptors (Lipinski definition) is 3. The predicted molar refractivity (Wildman–Crippen MR) is 79.3 cm³/mol. The van der Waals surface area contributed by atoms with Gasteiger partial charge in [0.25, 0.3) is 0 Å². The van der Waals surface area contributed by atoms with Gasteiger partial charge >= 0.3 is 0 Å². The van der Waals surface area contributed by atoms with Crippen molar-refractivity contribution < 1.29 is 9.84 Å². The molecule has 0 saturated carbocycles. The molecule has 3 heteroatoms. The van der Waals surface area contributed by atoms with Crippen molar-refractivity contribution in [3.05, 3.63) is 35.4 Å². The Morgan fingerprint density at radius 1 is 1.05 bits per heavy atom. The van der Waals surface area contributed by atoms with Crippen LogP contribution in [-0.2, 0) is 16.6 Å². The average molecular weight is 265 g/mol. The molecule has 0 unspecified atom stereocenters. The maximum Gasteiger partial charge on any atom is 0.0641 e. The fraction of sp³-hybridized carbons (Fsp3) is 0.625. The molecular weight excluding hydrogens is 238 g/mol. The van der Waals surface area contributed by atoms with Crippen molar-refractivity contribution in [2.45, 2.75) is 45.1 Å². The van der Waals surface area contributed by atoms with E-state index < -0.39 is 0 Å². The monoisotopic (exact) mass is 265 g/mol. The molecule has 3 N–H and O–H groups in total. The zero-order valence-electron chi connectivity index (χ0n) is 12.6. The Labute approximate surface area is 116 Å². The van der Waals surface area contributed by atoms with Crippen molar-refractivity contribution in [3.63, 3.8) is 0 Å². The molecule has 1 rings (SSSR count). The number of benzene rings is 1. The Morgan fingerprint density at radius 2 is 1.63 bits per heavy atom. The molecule has 0 spiro atoms. The van der Waals surface area contributed by atoms with Crippen LogP contribution in [0.25, 0.3) is 0 Å². The summed E-state index contributed by atoms with van der Waals surface area (Å²) in [5.74, 6) is 0. The van der Waals surface area contributed by atoms with Crippen LogP contribution in [0.4, 0.5) is 0 Å². The van der Waals surface area contributed by atoms with Crippen LogP contribution in [0.1, 0.15) is 38.8 Å². The van der Waals surface area contributed by atoms with Crippen molar-refractivity contribution in [3.8, 4) is 0 Å². The van der Waals surface area contributed by atoms with E-state index in [1.165, 1.54) is 5.56 Å². The first kappa shape index (κ1) is 16.2. The van der Waals surface area contributed by atoms with Gasteiger partial charge in [-0.15, -0.1) is 0 Å². The van der Waals surface area contributed by atoms with E-state index in [1.807, 2.05) is 13.8 Å². The molecule has 0 amide bonds. The molecule has 0 radical (unpaired) electrons. The van der Waals surface area contributed by atoms with Crippen LogP contribution in [0.15, 0.2) is 24.3 Å². The topological polar surface area (TPSA) is 55.5 Å². The van der Waals surface area contributed by atoms with Gasteiger partial charge in [0.15, 0.2) is 0 Å². The van der Waals surface area contributed by atoms with Gasteiger partial charge in [-0.05, 0) is 31.4 Å². The van der Waals surface area contributed by atoms with Gasteiger partial charge in [-0.2, -0.15) is 0 Å². The molecule has 0 atom stereocenters. The molecule has 3 nitrogen and oxygen atoms in total. The second kappa shape index (κ2) is 6.51. The molecule has 1 aromatic rings. The van der Waals surface area contributed by atoms with Crippen LogP contribution in [0.3, 0.4) is 0 Å². The normalized spacial score (nSPS) is 12.7. The van der Waals surface area contributed by atoms with E-state index in [2.05, 4.69) is 38.1 Å². The van der Waals surface area contributed by atoms with E-state index in [9.17, 15) is 0 Å². The number of hydrogen-bond donors (Lipinski definition) is 2. The summed E-state index contributed by atoms with van der Waals surface area (Å²) in [6, 6.07) is 8.37. The Morgan fingerprint density at radius 3 is 2.11 bits per heavy atom.